The lowest BCUT2D eigenvalue weighted by molar-refractivity contribution is -0.132. The summed E-state index contributed by atoms with van der Waals surface area (Å²) in [6.45, 7) is 2.13. The smallest absolute Gasteiger partial charge is 0.251 e. The highest BCUT2D eigenvalue weighted by Gasteiger charge is 2.24. The lowest BCUT2D eigenvalue weighted by Gasteiger charge is -2.22. The van der Waals surface area contributed by atoms with Crippen LogP contribution in [0.4, 0.5) is 4.39 Å². The molecule has 29 heavy (non-hydrogen) atoms. The first-order valence-corrected chi connectivity index (χ1v) is 9.71. The molecule has 6 nitrogen and oxygen atoms in total. The molecule has 0 spiro atoms. The van der Waals surface area contributed by atoms with E-state index in [2.05, 4.69) is 16.7 Å². The lowest BCUT2D eigenvalue weighted by atomic mass is 9.93. The SMILES string of the molecule is N#C[C@@H](Cc1ccc2c(c1)COc1cc(F)ccc1-2)NC(=O)[C@@H]1CNCCCO1. The van der Waals surface area contributed by atoms with Gasteiger partial charge < -0.3 is 20.1 Å². The zero-order valence-corrected chi connectivity index (χ0v) is 15.9. The molecule has 2 aliphatic rings. The van der Waals surface area contributed by atoms with E-state index in [0.717, 1.165) is 35.2 Å². The maximum Gasteiger partial charge on any atom is 0.251 e. The number of nitriles is 1. The van der Waals surface area contributed by atoms with E-state index in [1.807, 2.05) is 18.2 Å². The molecule has 0 aromatic heterocycles. The molecule has 2 N–H and O–H groups in total. The van der Waals surface area contributed by atoms with Gasteiger partial charge in [-0.25, -0.2) is 4.39 Å². The number of ether oxygens (including phenoxy) is 2. The Morgan fingerprint density at radius 1 is 1.31 bits per heavy atom. The summed E-state index contributed by atoms with van der Waals surface area (Å²) in [7, 11) is 0. The number of nitrogens with zero attached hydrogens (tertiary/aromatic N) is 1. The number of nitrogens with one attached hydrogen (secondary N) is 2. The summed E-state index contributed by atoms with van der Waals surface area (Å²) in [6.07, 6.45) is 0.659. The van der Waals surface area contributed by atoms with Crippen LogP contribution < -0.4 is 15.4 Å². The fourth-order valence-corrected chi connectivity index (χ4v) is 3.66. The second kappa shape index (κ2) is 8.60. The molecule has 0 saturated carbocycles. The highest BCUT2D eigenvalue weighted by molar-refractivity contribution is 5.81. The third kappa shape index (κ3) is 4.39. The van der Waals surface area contributed by atoms with Crippen molar-refractivity contribution >= 4 is 5.91 Å². The predicted octanol–water partition coefficient (Wildman–Crippen LogP) is 2.31. The van der Waals surface area contributed by atoms with Crippen molar-refractivity contribution in [3.8, 4) is 22.9 Å². The molecule has 4 rings (SSSR count). The molecule has 150 valence electrons. The van der Waals surface area contributed by atoms with Crippen molar-refractivity contribution in [2.75, 3.05) is 19.7 Å². The summed E-state index contributed by atoms with van der Waals surface area (Å²) in [5.41, 5.74) is 3.73. The van der Waals surface area contributed by atoms with E-state index in [1.165, 1.54) is 12.1 Å². The Morgan fingerprint density at radius 3 is 3.03 bits per heavy atom. The molecule has 1 amide bonds. The molecule has 2 atom stereocenters. The van der Waals surface area contributed by atoms with Crippen LogP contribution >= 0.6 is 0 Å². The highest BCUT2D eigenvalue weighted by Crippen LogP contribution is 2.38. The van der Waals surface area contributed by atoms with E-state index in [1.54, 1.807) is 6.07 Å². The van der Waals surface area contributed by atoms with Gasteiger partial charge in [-0.2, -0.15) is 5.26 Å². The summed E-state index contributed by atoms with van der Waals surface area (Å²) < 4.78 is 24.6. The Bertz CT molecular complexity index is 949. The first-order chi connectivity index (χ1) is 14.1. The standard InChI is InChI=1S/C22H22FN3O3/c23-16-3-5-19-18-4-2-14(8-15(18)13-29-20(19)10-16)9-17(11-24)26-22(27)21-12-25-6-1-7-28-21/h2-5,8,10,17,21,25H,1,6-7,9,12-13H2,(H,26,27)/t17-,21+/m1/s1. The number of hydrogen-bond donors (Lipinski definition) is 2. The Kier molecular flexibility index (Phi) is 5.74. The highest BCUT2D eigenvalue weighted by atomic mass is 19.1. The Morgan fingerprint density at radius 2 is 2.17 bits per heavy atom. The molecule has 2 aliphatic heterocycles. The van der Waals surface area contributed by atoms with Crippen LogP contribution in [0, 0.1) is 17.1 Å². The summed E-state index contributed by atoms with van der Waals surface area (Å²) in [6, 6.07) is 11.9. The van der Waals surface area contributed by atoms with Crippen molar-refractivity contribution in [2.24, 2.45) is 0 Å². The molecule has 2 aromatic carbocycles. The van der Waals surface area contributed by atoms with Gasteiger partial charge in [0.25, 0.3) is 5.91 Å². The molecular weight excluding hydrogens is 373 g/mol. The van der Waals surface area contributed by atoms with Crippen LogP contribution in [0.5, 0.6) is 5.75 Å². The van der Waals surface area contributed by atoms with Gasteiger partial charge in [0, 0.05) is 31.2 Å². The lowest BCUT2D eigenvalue weighted by Crippen LogP contribution is -2.46. The number of carbonyl (C=O) groups excluding carboxylic acids is 1. The molecule has 7 heteroatoms. The molecule has 0 unspecified atom stereocenters. The molecule has 0 bridgehead atoms. The number of fused-ring (bicyclic) bond motifs is 3. The number of amides is 1. The van der Waals surface area contributed by atoms with Gasteiger partial charge in [0.2, 0.25) is 0 Å². The van der Waals surface area contributed by atoms with Gasteiger partial charge in [-0.15, -0.1) is 0 Å². The summed E-state index contributed by atoms with van der Waals surface area (Å²) in [5.74, 6) is -0.0723. The zero-order valence-electron chi connectivity index (χ0n) is 15.9. The first kappa shape index (κ1) is 19.4. The van der Waals surface area contributed by atoms with Crippen LogP contribution in [0.3, 0.4) is 0 Å². The van der Waals surface area contributed by atoms with Crippen molar-refractivity contribution < 1.29 is 18.7 Å². The number of carbonyl (C=O) groups is 1. The summed E-state index contributed by atoms with van der Waals surface area (Å²) in [5, 5.41) is 15.4. The van der Waals surface area contributed by atoms with Crippen LogP contribution in [0.2, 0.25) is 0 Å². The van der Waals surface area contributed by atoms with Crippen molar-refractivity contribution in [3.63, 3.8) is 0 Å². The summed E-state index contributed by atoms with van der Waals surface area (Å²) >= 11 is 0. The number of benzene rings is 2. The molecule has 0 aliphatic carbocycles. The molecule has 0 radical (unpaired) electrons. The average molecular weight is 395 g/mol. The van der Waals surface area contributed by atoms with E-state index in [-0.39, 0.29) is 11.7 Å². The number of hydrogen-bond acceptors (Lipinski definition) is 5. The predicted molar refractivity (Wildman–Crippen MR) is 105 cm³/mol. The fourth-order valence-electron chi connectivity index (χ4n) is 3.66. The third-order valence-electron chi connectivity index (χ3n) is 5.14. The number of halogens is 1. The van der Waals surface area contributed by atoms with E-state index in [9.17, 15) is 14.4 Å². The first-order valence-electron chi connectivity index (χ1n) is 9.71. The fraction of sp³-hybridized carbons (Fsp3) is 0.364. The monoisotopic (exact) mass is 395 g/mol. The maximum atomic E-state index is 13.4. The van der Waals surface area contributed by atoms with E-state index >= 15 is 0 Å². The van der Waals surface area contributed by atoms with Gasteiger partial charge in [0.05, 0.1) is 6.07 Å². The average Bonchev–Trinajstić information content (AvgIpc) is 3.02. The topological polar surface area (TPSA) is 83.4 Å². The maximum absolute atomic E-state index is 13.4. The van der Waals surface area contributed by atoms with Crippen molar-refractivity contribution in [1.82, 2.24) is 10.6 Å². The second-order valence-electron chi connectivity index (χ2n) is 7.23. The quantitative estimate of drug-likeness (QED) is 0.830. The Labute approximate surface area is 168 Å². The van der Waals surface area contributed by atoms with Crippen LogP contribution in [-0.2, 0) is 22.6 Å². The Hall–Kier alpha value is -2.95. The third-order valence-corrected chi connectivity index (χ3v) is 5.14. The molecule has 2 aromatic rings. The summed E-state index contributed by atoms with van der Waals surface area (Å²) in [4.78, 5) is 12.4. The van der Waals surface area contributed by atoms with Gasteiger partial charge in [0.15, 0.2) is 0 Å². The van der Waals surface area contributed by atoms with Crippen LogP contribution in [-0.4, -0.2) is 37.7 Å². The largest absolute Gasteiger partial charge is 0.488 e. The Balaban J connectivity index is 1.46. The molecule has 2 heterocycles. The second-order valence-corrected chi connectivity index (χ2v) is 7.23. The van der Waals surface area contributed by atoms with Crippen LogP contribution in [0.25, 0.3) is 11.1 Å². The van der Waals surface area contributed by atoms with Crippen molar-refractivity contribution in [3.05, 3.63) is 53.3 Å². The number of rotatable bonds is 4. The van der Waals surface area contributed by atoms with Gasteiger partial charge in [-0.05, 0) is 41.8 Å². The molecular formula is C22H22FN3O3. The van der Waals surface area contributed by atoms with Gasteiger partial charge in [-0.3, -0.25) is 4.79 Å². The van der Waals surface area contributed by atoms with E-state index in [0.29, 0.717) is 31.9 Å². The van der Waals surface area contributed by atoms with Crippen molar-refractivity contribution in [1.29, 1.82) is 5.26 Å². The van der Waals surface area contributed by atoms with Crippen LogP contribution in [0.1, 0.15) is 17.5 Å². The van der Waals surface area contributed by atoms with Gasteiger partial charge >= 0.3 is 0 Å². The normalized spacial score (nSPS) is 19.0. The molecule has 1 saturated heterocycles. The minimum atomic E-state index is -0.654. The van der Waals surface area contributed by atoms with Gasteiger partial charge in [0.1, 0.15) is 30.3 Å². The van der Waals surface area contributed by atoms with E-state index < -0.39 is 12.1 Å². The van der Waals surface area contributed by atoms with Gasteiger partial charge in [-0.1, -0.05) is 18.2 Å². The van der Waals surface area contributed by atoms with E-state index in [4.69, 9.17) is 9.47 Å². The molecule has 1 fully saturated rings. The zero-order chi connectivity index (χ0) is 20.2. The minimum Gasteiger partial charge on any atom is -0.488 e. The van der Waals surface area contributed by atoms with Crippen molar-refractivity contribution in [2.45, 2.75) is 31.6 Å². The van der Waals surface area contributed by atoms with Crippen LogP contribution in [0.15, 0.2) is 36.4 Å². The minimum absolute atomic E-state index is 0.275.